The van der Waals surface area contributed by atoms with Crippen molar-refractivity contribution >= 4 is 38.1 Å². The summed E-state index contributed by atoms with van der Waals surface area (Å²) in [6, 6.07) is 10.9. The van der Waals surface area contributed by atoms with Crippen LogP contribution in [0.5, 0.6) is 0 Å². The molecule has 3 rings (SSSR count). The Balaban J connectivity index is 1.85. The van der Waals surface area contributed by atoms with Gasteiger partial charge in [0.15, 0.2) is 10.8 Å². The zero-order valence-corrected chi connectivity index (χ0v) is 14.9. The van der Waals surface area contributed by atoms with Crippen molar-refractivity contribution in [3.8, 4) is 6.07 Å². The maximum Gasteiger partial charge on any atom is 0.162 e. The summed E-state index contributed by atoms with van der Waals surface area (Å²) < 4.78 is 20.8. The lowest BCUT2D eigenvalue weighted by molar-refractivity contribution is 0.679. The van der Waals surface area contributed by atoms with E-state index in [9.17, 15) is 4.21 Å². The second-order valence-electron chi connectivity index (χ2n) is 5.50. The number of nitrogens with zero attached hydrogens (tertiary/aromatic N) is 4. The first kappa shape index (κ1) is 17.2. The standard InChI is InChI=1S/C16H15ClN6OS/c1-25(19,24)12-4-2-11(3-5-12)10-21-13-6-8-20-16-14(13)15(17)22-23(16)9-7-18/h2-6,8,19H,9-10H2,1H3,(H,20,21)/t25-/m0/s1. The lowest BCUT2D eigenvalue weighted by Gasteiger charge is -2.09. The smallest absolute Gasteiger partial charge is 0.162 e. The summed E-state index contributed by atoms with van der Waals surface area (Å²) >= 11 is 6.20. The number of pyridine rings is 1. The summed E-state index contributed by atoms with van der Waals surface area (Å²) in [5.41, 5.74) is 2.28. The van der Waals surface area contributed by atoms with E-state index in [0.717, 1.165) is 11.3 Å². The van der Waals surface area contributed by atoms with E-state index in [1.54, 1.807) is 24.4 Å². The van der Waals surface area contributed by atoms with E-state index in [2.05, 4.69) is 15.4 Å². The highest BCUT2D eigenvalue weighted by Gasteiger charge is 2.14. The Bertz CT molecular complexity index is 1070. The molecule has 0 unspecified atom stereocenters. The molecule has 0 aliphatic heterocycles. The molecule has 2 heterocycles. The minimum atomic E-state index is -2.71. The van der Waals surface area contributed by atoms with Gasteiger partial charge in [0, 0.05) is 23.9 Å². The van der Waals surface area contributed by atoms with Gasteiger partial charge in [-0.05, 0) is 23.8 Å². The van der Waals surface area contributed by atoms with Crippen LogP contribution in [-0.4, -0.2) is 25.2 Å². The minimum absolute atomic E-state index is 0.0740. The van der Waals surface area contributed by atoms with Gasteiger partial charge >= 0.3 is 0 Å². The summed E-state index contributed by atoms with van der Waals surface area (Å²) in [7, 11) is -2.71. The van der Waals surface area contributed by atoms with Gasteiger partial charge in [-0.15, -0.1) is 0 Å². The van der Waals surface area contributed by atoms with E-state index in [-0.39, 0.29) is 11.7 Å². The fourth-order valence-corrected chi connectivity index (χ4v) is 3.37. The van der Waals surface area contributed by atoms with Gasteiger partial charge in [0.2, 0.25) is 0 Å². The van der Waals surface area contributed by atoms with Crippen molar-refractivity contribution in [3.63, 3.8) is 0 Å². The molecule has 7 nitrogen and oxygen atoms in total. The average Bonchev–Trinajstić information content (AvgIpc) is 2.90. The van der Waals surface area contributed by atoms with Gasteiger partial charge in [-0.2, -0.15) is 10.4 Å². The molecule has 3 aromatic rings. The predicted molar refractivity (Wildman–Crippen MR) is 97.0 cm³/mol. The van der Waals surface area contributed by atoms with Crippen LogP contribution in [0.25, 0.3) is 11.0 Å². The molecule has 25 heavy (non-hydrogen) atoms. The number of anilines is 1. The van der Waals surface area contributed by atoms with E-state index < -0.39 is 9.73 Å². The van der Waals surface area contributed by atoms with Crippen LogP contribution in [0, 0.1) is 16.1 Å². The lowest BCUT2D eigenvalue weighted by Crippen LogP contribution is -2.02. The molecule has 0 saturated heterocycles. The third-order valence-electron chi connectivity index (χ3n) is 3.67. The molecule has 0 saturated carbocycles. The molecule has 0 fully saturated rings. The van der Waals surface area contributed by atoms with Crippen LogP contribution >= 0.6 is 11.6 Å². The second kappa shape index (κ2) is 6.70. The maximum absolute atomic E-state index is 11.7. The number of rotatable bonds is 5. The number of hydrogen-bond donors (Lipinski definition) is 2. The molecule has 0 aliphatic carbocycles. The summed E-state index contributed by atoms with van der Waals surface area (Å²) in [5.74, 6) is 0. The molecule has 128 valence electrons. The van der Waals surface area contributed by atoms with Gasteiger partial charge in [0.05, 0.1) is 26.9 Å². The minimum Gasteiger partial charge on any atom is -0.380 e. The van der Waals surface area contributed by atoms with Crippen LogP contribution in [-0.2, 0) is 22.8 Å². The van der Waals surface area contributed by atoms with Crippen molar-refractivity contribution in [2.75, 3.05) is 11.6 Å². The molecule has 0 amide bonds. The van der Waals surface area contributed by atoms with Gasteiger partial charge in [-0.25, -0.2) is 18.7 Å². The number of hydrogen-bond acceptors (Lipinski definition) is 6. The molecule has 0 radical (unpaired) electrons. The number of nitrogens with one attached hydrogen (secondary N) is 2. The third kappa shape index (κ3) is 3.57. The first-order valence-corrected chi connectivity index (χ1v) is 9.69. The molecule has 1 atom stereocenters. The monoisotopic (exact) mass is 374 g/mol. The van der Waals surface area contributed by atoms with Crippen molar-refractivity contribution in [2.24, 2.45) is 0 Å². The predicted octanol–water partition coefficient (Wildman–Crippen LogP) is 3.26. The highest BCUT2D eigenvalue weighted by atomic mass is 35.5. The van der Waals surface area contributed by atoms with Crippen molar-refractivity contribution in [1.82, 2.24) is 14.8 Å². The molecule has 0 aliphatic rings. The molecule has 1 aromatic carbocycles. The fraction of sp³-hybridized carbons (Fsp3) is 0.188. The maximum atomic E-state index is 11.7. The van der Waals surface area contributed by atoms with E-state index in [1.165, 1.54) is 10.9 Å². The van der Waals surface area contributed by atoms with Gasteiger partial charge in [-0.1, -0.05) is 23.7 Å². The van der Waals surface area contributed by atoms with Gasteiger partial charge in [-0.3, -0.25) is 0 Å². The largest absolute Gasteiger partial charge is 0.380 e. The SMILES string of the molecule is C[S@](=N)(=O)c1ccc(CNc2ccnc3c2c(Cl)nn3CC#N)cc1. The molecular formula is C16H15ClN6OS. The van der Waals surface area contributed by atoms with Crippen molar-refractivity contribution in [2.45, 2.75) is 18.0 Å². The summed E-state index contributed by atoms with van der Waals surface area (Å²) in [4.78, 5) is 4.75. The van der Waals surface area contributed by atoms with Crippen LogP contribution in [0.1, 0.15) is 5.56 Å². The number of nitriles is 1. The van der Waals surface area contributed by atoms with E-state index >= 15 is 0 Å². The van der Waals surface area contributed by atoms with Gasteiger partial charge in [0.25, 0.3) is 0 Å². The Labute approximate surface area is 150 Å². The first-order chi connectivity index (χ1) is 11.9. The topological polar surface area (TPSA) is 107 Å². The fourth-order valence-electron chi connectivity index (χ4n) is 2.44. The van der Waals surface area contributed by atoms with Gasteiger partial charge < -0.3 is 5.32 Å². The van der Waals surface area contributed by atoms with Crippen molar-refractivity contribution < 1.29 is 4.21 Å². The van der Waals surface area contributed by atoms with Crippen molar-refractivity contribution in [1.29, 1.82) is 10.0 Å². The summed E-state index contributed by atoms with van der Waals surface area (Å²) in [6.45, 7) is 0.590. The summed E-state index contributed by atoms with van der Waals surface area (Å²) in [6.07, 6.45) is 3.03. The molecular weight excluding hydrogens is 360 g/mol. The van der Waals surface area contributed by atoms with E-state index in [1.807, 2.05) is 18.2 Å². The number of halogens is 1. The zero-order chi connectivity index (χ0) is 18.0. The van der Waals surface area contributed by atoms with Crippen LogP contribution < -0.4 is 5.32 Å². The molecule has 0 bridgehead atoms. The number of aromatic nitrogens is 3. The molecule has 0 spiro atoms. The van der Waals surface area contributed by atoms with Crippen LogP contribution in [0.4, 0.5) is 5.69 Å². The molecule has 2 N–H and O–H groups in total. The lowest BCUT2D eigenvalue weighted by atomic mass is 10.2. The third-order valence-corrected chi connectivity index (χ3v) is 5.10. The van der Waals surface area contributed by atoms with Gasteiger partial charge in [0.1, 0.15) is 6.54 Å². The molecule has 9 heteroatoms. The van der Waals surface area contributed by atoms with E-state index in [4.69, 9.17) is 21.6 Å². The quantitative estimate of drug-likeness (QED) is 0.712. The normalized spacial score (nSPS) is 13.3. The number of benzene rings is 1. The number of fused-ring (bicyclic) bond motifs is 1. The Kier molecular flexibility index (Phi) is 4.61. The Morgan fingerprint density at radius 1 is 1.36 bits per heavy atom. The Morgan fingerprint density at radius 3 is 2.72 bits per heavy atom. The average molecular weight is 375 g/mol. The van der Waals surface area contributed by atoms with Crippen molar-refractivity contribution in [3.05, 3.63) is 47.2 Å². The van der Waals surface area contributed by atoms with Crippen LogP contribution in [0.3, 0.4) is 0 Å². The highest BCUT2D eigenvalue weighted by molar-refractivity contribution is 7.91. The Morgan fingerprint density at radius 2 is 2.08 bits per heavy atom. The van der Waals surface area contributed by atoms with Crippen LogP contribution in [0.15, 0.2) is 41.4 Å². The summed E-state index contributed by atoms with van der Waals surface area (Å²) in [5, 5.41) is 17.2. The first-order valence-electron chi connectivity index (χ1n) is 7.35. The second-order valence-corrected chi connectivity index (χ2v) is 8.02. The Hall–Kier alpha value is -2.63. The molecule has 2 aromatic heterocycles. The van der Waals surface area contributed by atoms with Crippen LogP contribution in [0.2, 0.25) is 5.15 Å². The zero-order valence-electron chi connectivity index (χ0n) is 13.4. The highest BCUT2D eigenvalue weighted by Crippen LogP contribution is 2.29. The van der Waals surface area contributed by atoms with E-state index in [0.29, 0.717) is 22.5 Å².